The number of ketones is 2. The molecule has 0 bridgehead atoms. The Morgan fingerprint density at radius 2 is 1.04 bits per heavy atom. The van der Waals surface area contributed by atoms with Gasteiger partial charge in [0.05, 0.1) is 91.4 Å². The summed E-state index contributed by atoms with van der Waals surface area (Å²) in [6.45, 7) is 8.27. The zero-order chi connectivity index (χ0) is 54.6. The van der Waals surface area contributed by atoms with Crippen LogP contribution in [0.5, 0.6) is 5.75 Å². The van der Waals surface area contributed by atoms with Crippen molar-refractivity contribution in [3.63, 3.8) is 0 Å². The van der Waals surface area contributed by atoms with Crippen LogP contribution in [0.4, 0.5) is 10.5 Å². The molecule has 22 heteroatoms. The Kier molecular flexibility index (Phi) is 30.9. The highest BCUT2D eigenvalue weighted by atomic mass is 32.2. The quantitative estimate of drug-likeness (QED) is 0.0272. The van der Waals surface area contributed by atoms with Gasteiger partial charge in [-0.3, -0.25) is 33.7 Å². The van der Waals surface area contributed by atoms with Crippen molar-refractivity contribution in [3.05, 3.63) is 71.8 Å². The molecule has 3 heterocycles. The number of rotatable bonds is 46. The van der Waals surface area contributed by atoms with Gasteiger partial charge in [0, 0.05) is 112 Å². The number of hydrogen-bond donors (Lipinski definition) is 5. The SMILES string of the molecule is O=C(CCCC[C@@H]1SC[C@@H]2NC(=O)N[C@@H]21)CCCOCCOCCOCCOCCC(=O)NCCCOc1ccc(C(=O)c2ccc(NCCCOCCOCCOCCCNC(=O)CCN3C(=O)C=CC3=O)cc2)cc1. The Balaban J connectivity index is 0.726. The number of carbonyl (C=O) groups is 7. The van der Waals surface area contributed by atoms with E-state index < -0.39 is 11.8 Å². The van der Waals surface area contributed by atoms with Crippen molar-refractivity contribution in [1.29, 1.82) is 0 Å². The molecule has 5 N–H and O–H groups in total. The molecule has 77 heavy (non-hydrogen) atoms. The fourth-order valence-corrected chi connectivity index (χ4v) is 9.77. The number of nitrogens with zero attached hydrogens (tertiary/aromatic N) is 1. The number of thioether (sulfide) groups is 1. The van der Waals surface area contributed by atoms with Crippen molar-refractivity contribution in [2.24, 2.45) is 0 Å². The van der Waals surface area contributed by atoms with Crippen LogP contribution in [-0.4, -0.2) is 194 Å². The van der Waals surface area contributed by atoms with E-state index >= 15 is 0 Å². The molecule has 3 aliphatic rings. The predicted molar refractivity (Wildman–Crippen MR) is 289 cm³/mol. The molecule has 21 nitrogen and oxygen atoms in total. The zero-order valence-electron chi connectivity index (χ0n) is 44.4. The molecule has 3 aliphatic heterocycles. The number of carbonyl (C=O) groups excluding carboxylic acids is 7. The van der Waals surface area contributed by atoms with Gasteiger partial charge >= 0.3 is 6.03 Å². The Morgan fingerprint density at radius 3 is 1.65 bits per heavy atom. The van der Waals surface area contributed by atoms with E-state index in [1.54, 1.807) is 36.4 Å². The third-order valence-corrected chi connectivity index (χ3v) is 13.9. The second kappa shape index (κ2) is 38.2. The number of fused-ring (bicyclic) bond motifs is 1. The fourth-order valence-electron chi connectivity index (χ4n) is 8.22. The Labute approximate surface area is 456 Å². The summed E-state index contributed by atoms with van der Waals surface area (Å²) >= 11 is 1.91. The lowest BCUT2D eigenvalue weighted by Crippen LogP contribution is -2.36. The number of ether oxygens (including phenoxy) is 8. The summed E-state index contributed by atoms with van der Waals surface area (Å²) in [5.74, 6) is 0.653. The largest absolute Gasteiger partial charge is 0.494 e. The van der Waals surface area contributed by atoms with Crippen LogP contribution in [0, 0.1) is 0 Å². The minimum atomic E-state index is -0.396. The molecule has 0 radical (unpaired) electrons. The molecule has 2 fully saturated rings. The number of anilines is 1. The fraction of sp³-hybridized carbons (Fsp3) is 0.618. The second-order valence-corrected chi connectivity index (χ2v) is 19.7. The molecule has 426 valence electrons. The maximum absolute atomic E-state index is 13.1. The molecule has 3 atom stereocenters. The summed E-state index contributed by atoms with van der Waals surface area (Å²) in [5.41, 5.74) is 2.03. The smallest absolute Gasteiger partial charge is 0.315 e. The molecule has 0 saturated carbocycles. The van der Waals surface area contributed by atoms with E-state index in [0.717, 1.165) is 42.0 Å². The van der Waals surface area contributed by atoms with Gasteiger partial charge < -0.3 is 64.5 Å². The van der Waals surface area contributed by atoms with Crippen LogP contribution >= 0.6 is 11.8 Å². The van der Waals surface area contributed by atoms with E-state index in [0.29, 0.717) is 173 Å². The first-order chi connectivity index (χ1) is 37.7. The maximum Gasteiger partial charge on any atom is 0.315 e. The topological polar surface area (TPSA) is 257 Å². The number of imide groups is 1. The molecule has 2 saturated heterocycles. The van der Waals surface area contributed by atoms with Gasteiger partial charge in [0.25, 0.3) is 11.8 Å². The molecule has 0 spiro atoms. The van der Waals surface area contributed by atoms with Crippen molar-refractivity contribution in [1.82, 2.24) is 26.2 Å². The van der Waals surface area contributed by atoms with Crippen LogP contribution in [0.15, 0.2) is 60.7 Å². The lowest BCUT2D eigenvalue weighted by molar-refractivity contribution is -0.137. The number of urea groups is 1. The van der Waals surface area contributed by atoms with E-state index in [9.17, 15) is 33.6 Å². The van der Waals surface area contributed by atoms with Crippen molar-refractivity contribution in [2.45, 2.75) is 88.0 Å². The first-order valence-electron chi connectivity index (χ1n) is 27.1. The number of Topliss-reactive ketones (excluding diaryl/α,β-unsaturated/α-hetero) is 1. The van der Waals surface area contributed by atoms with E-state index in [1.165, 1.54) is 12.2 Å². The molecule has 0 aliphatic carbocycles. The lowest BCUT2D eigenvalue weighted by Gasteiger charge is -2.16. The highest BCUT2D eigenvalue weighted by Gasteiger charge is 2.42. The van der Waals surface area contributed by atoms with Crippen molar-refractivity contribution >= 4 is 58.7 Å². The van der Waals surface area contributed by atoms with Crippen LogP contribution in [0.1, 0.15) is 86.6 Å². The molecule has 5 rings (SSSR count). The van der Waals surface area contributed by atoms with Gasteiger partial charge in [-0.15, -0.1) is 0 Å². The Bertz CT molecular complexity index is 2100. The monoisotopic (exact) mass is 1100 g/mol. The summed E-state index contributed by atoms with van der Waals surface area (Å²) in [6, 6.07) is 14.8. The van der Waals surface area contributed by atoms with Crippen molar-refractivity contribution in [2.75, 3.05) is 136 Å². The highest BCUT2D eigenvalue weighted by molar-refractivity contribution is 8.00. The number of nitrogens with one attached hydrogen (secondary N) is 5. The van der Waals surface area contributed by atoms with E-state index in [1.807, 2.05) is 23.9 Å². The van der Waals surface area contributed by atoms with Crippen molar-refractivity contribution < 1.29 is 71.5 Å². The molecule has 6 amide bonds. The molecule has 0 unspecified atom stereocenters. The normalized spacial score (nSPS) is 16.6. The minimum absolute atomic E-state index is 0.0635. The van der Waals surface area contributed by atoms with Gasteiger partial charge in [0.15, 0.2) is 5.78 Å². The second-order valence-electron chi connectivity index (χ2n) is 18.4. The number of benzene rings is 2. The zero-order valence-corrected chi connectivity index (χ0v) is 45.2. The maximum atomic E-state index is 13.1. The Morgan fingerprint density at radius 1 is 0.532 bits per heavy atom. The van der Waals surface area contributed by atoms with E-state index in [2.05, 4.69) is 26.6 Å². The summed E-state index contributed by atoms with van der Waals surface area (Å²) in [7, 11) is 0. The molecule has 2 aromatic rings. The number of amides is 6. The molecular formula is C55H80N6O15S. The first-order valence-corrected chi connectivity index (χ1v) is 28.1. The average Bonchev–Trinajstić information content (AvgIpc) is 4.12. The highest BCUT2D eigenvalue weighted by Crippen LogP contribution is 2.33. The molecule has 0 aromatic heterocycles. The van der Waals surface area contributed by atoms with Crippen molar-refractivity contribution in [3.8, 4) is 5.75 Å². The summed E-state index contributed by atoms with van der Waals surface area (Å²) in [4.78, 5) is 85.0. The van der Waals surface area contributed by atoms with E-state index in [4.69, 9.17) is 37.9 Å². The van der Waals surface area contributed by atoms with Crippen LogP contribution < -0.4 is 31.3 Å². The number of unbranched alkanes of at least 4 members (excludes halogenated alkanes) is 1. The van der Waals surface area contributed by atoms with E-state index in [-0.39, 0.29) is 60.9 Å². The van der Waals surface area contributed by atoms with Crippen LogP contribution in [0.3, 0.4) is 0 Å². The van der Waals surface area contributed by atoms with Gasteiger partial charge in [-0.25, -0.2) is 4.79 Å². The molecule has 2 aromatic carbocycles. The lowest BCUT2D eigenvalue weighted by atomic mass is 10.0. The summed E-state index contributed by atoms with van der Waals surface area (Å²) < 4.78 is 44.7. The van der Waals surface area contributed by atoms with Gasteiger partial charge in [0.1, 0.15) is 11.5 Å². The standard InChI is InChI=1S/C55H80N6O15S/c62-45(7-1-2-9-48-53-47(41-77-48)59-55(68)60-53)8-3-26-69-31-35-74-39-40-75-38-34-72-30-21-50(64)58-24-6-29-76-46-16-12-43(13-17-46)54(67)42-10-14-44(15-11-42)56-22-4-27-70-32-36-73-37-33-71-28-5-23-57-49(63)20-25-61-51(65)18-19-52(61)66/h10-19,47-48,53,56H,1-9,20-41H2,(H,57,63)(H,58,64)(H2,59,60,68)/t47-,48-,53-/m0/s1. The minimum Gasteiger partial charge on any atom is -0.494 e. The van der Waals surface area contributed by atoms with Gasteiger partial charge in [-0.1, -0.05) is 6.42 Å². The number of hydrogen-bond acceptors (Lipinski definition) is 17. The Hall–Kier alpha value is -5.46. The van der Waals surface area contributed by atoms with Crippen LogP contribution in [0.2, 0.25) is 0 Å². The third kappa shape index (κ3) is 26.2. The van der Waals surface area contributed by atoms with Gasteiger partial charge in [-0.05, 0) is 87.1 Å². The third-order valence-electron chi connectivity index (χ3n) is 12.4. The van der Waals surface area contributed by atoms with Crippen LogP contribution in [0.25, 0.3) is 0 Å². The summed E-state index contributed by atoms with van der Waals surface area (Å²) in [5, 5.41) is 15.4. The van der Waals surface area contributed by atoms with Gasteiger partial charge in [0.2, 0.25) is 11.8 Å². The average molecular weight is 1100 g/mol. The van der Waals surface area contributed by atoms with Crippen LogP contribution in [-0.2, 0) is 57.1 Å². The molecular weight excluding hydrogens is 1020 g/mol. The van der Waals surface area contributed by atoms with Gasteiger partial charge in [-0.2, -0.15) is 11.8 Å². The first kappa shape index (κ1) is 62.4. The predicted octanol–water partition coefficient (Wildman–Crippen LogP) is 4.01. The summed E-state index contributed by atoms with van der Waals surface area (Å²) in [6.07, 6.45) is 9.47.